The number of hydrogen-bond acceptors (Lipinski definition) is 3. The summed E-state index contributed by atoms with van der Waals surface area (Å²) < 4.78 is 4.97. The predicted molar refractivity (Wildman–Crippen MR) is 64.3 cm³/mol. The summed E-state index contributed by atoms with van der Waals surface area (Å²) in [6.45, 7) is 0.591. The molecule has 82 valence electrons. The van der Waals surface area contributed by atoms with Gasteiger partial charge in [0.1, 0.15) is 12.0 Å². The van der Waals surface area contributed by atoms with E-state index in [0.717, 1.165) is 16.6 Å². The molecule has 0 aliphatic heterocycles. The number of halogens is 1. The van der Waals surface area contributed by atoms with Crippen LogP contribution in [0.1, 0.15) is 5.56 Å². The van der Waals surface area contributed by atoms with Crippen molar-refractivity contribution >= 4 is 21.6 Å². The van der Waals surface area contributed by atoms with Gasteiger partial charge in [0.2, 0.25) is 0 Å². The quantitative estimate of drug-likeness (QED) is 0.373. The lowest BCUT2D eigenvalue weighted by Crippen LogP contribution is -2.14. The zero-order valence-corrected chi connectivity index (χ0v) is 10.2. The molecule has 4 heteroatoms. The van der Waals surface area contributed by atoms with Crippen LogP contribution in [0.4, 0.5) is 0 Å². The molecule has 0 amide bonds. The Bertz CT molecular complexity index is 301. The minimum absolute atomic E-state index is 0.591. The van der Waals surface area contributed by atoms with Gasteiger partial charge in [-0.05, 0) is 0 Å². The van der Waals surface area contributed by atoms with Crippen molar-refractivity contribution in [2.24, 2.45) is 0 Å². The Balaban J connectivity index is 2.63. The third-order valence-electron chi connectivity index (χ3n) is 1.68. The molecular weight excluding hydrogens is 258 g/mol. The first-order chi connectivity index (χ1) is 7.38. The van der Waals surface area contributed by atoms with Gasteiger partial charge in [0.25, 0.3) is 0 Å². The van der Waals surface area contributed by atoms with E-state index in [2.05, 4.69) is 21.4 Å². The molecule has 0 fully saturated rings. The van der Waals surface area contributed by atoms with Gasteiger partial charge < -0.3 is 4.74 Å². The molecule has 1 aromatic rings. The highest BCUT2D eigenvalue weighted by molar-refractivity contribution is 9.09. The van der Waals surface area contributed by atoms with Crippen LogP contribution < -0.4 is 5.48 Å². The van der Waals surface area contributed by atoms with E-state index < -0.39 is 0 Å². The molecule has 0 aliphatic rings. The summed E-state index contributed by atoms with van der Waals surface area (Å²) in [5.41, 5.74) is 4.67. The number of benzene rings is 1. The Morgan fingerprint density at radius 2 is 2.13 bits per heavy atom. The molecule has 1 N–H and O–H groups in total. The highest BCUT2D eigenvalue weighted by Crippen LogP contribution is 2.10. The standard InChI is InChI=1S/C11H14BrNO2/c1-14-9-11(13-15-8-7-12)10-5-3-2-4-6-10/h2-6,9,13H,7-8H2,1H3. The number of hydroxylamine groups is 1. The zero-order chi connectivity index (χ0) is 10.9. The maximum atomic E-state index is 5.21. The molecule has 15 heavy (non-hydrogen) atoms. The van der Waals surface area contributed by atoms with Gasteiger partial charge in [0, 0.05) is 10.9 Å². The molecule has 0 radical (unpaired) electrons. The maximum Gasteiger partial charge on any atom is 0.108 e. The van der Waals surface area contributed by atoms with Crippen LogP contribution in [0, 0.1) is 0 Å². The molecule has 0 atom stereocenters. The first kappa shape index (κ1) is 12.1. The topological polar surface area (TPSA) is 30.5 Å². The van der Waals surface area contributed by atoms with E-state index in [1.807, 2.05) is 30.3 Å². The molecule has 0 unspecified atom stereocenters. The summed E-state index contributed by atoms with van der Waals surface area (Å²) >= 11 is 3.28. The van der Waals surface area contributed by atoms with Gasteiger partial charge in [-0.1, -0.05) is 46.3 Å². The third-order valence-corrected chi connectivity index (χ3v) is 2.01. The Morgan fingerprint density at radius 3 is 2.73 bits per heavy atom. The van der Waals surface area contributed by atoms with Gasteiger partial charge in [-0.2, -0.15) is 0 Å². The van der Waals surface area contributed by atoms with E-state index in [1.54, 1.807) is 13.4 Å². The van der Waals surface area contributed by atoms with Crippen molar-refractivity contribution in [3.63, 3.8) is 0 Å². The summed E-state index contributed by atoms with van der Waals surface area (Å²) in [6, 6.07) is 9.86. The lowest BCUT2D eigenvalue weighted by molar-refractivity contribution is 0.0910. The Morgan fingerprint density at radius 1 is 1.40 bits per heavy atom. The van der Waals surface area contributed by atoms with Crippen molar-refractivity contribution in [3.05, 3.63) is 42.2 Å². The number of hydrogen-bond donors (Lipinski definition) is 1. The molecular formula is C11H14BrNO2. The second kappa shape index (κ2) is 7.31. The van der Waals surface area contributed by atoms with E-state index in [9.17, 15) is 0 Å². The molecule has 3 nitrogen and oxygen atoms in total. The normalized spacial score (nSPS) is 11.2. The van der Waals surface area contributed by atoms with Crippen molar-refractivity contribution < 1.29 is 9.57 Å². The first-order valence-corrected chi connectivity index (χ1v) is 5.72. The highest BCUT2D eigenvalue weighted by Gasteiger charge is 2.00. The molecule has 0 aliphatic carbocycles. The molecule has 0 heterocycles. The summed E-state index contributed by atoms with van der Waals surface area (Å²) in [6.07, 6.45) is 1.61. The fourth-order valence-electron chi connectivity index (χ4n) is 1.05. The third kappa shape index (κ3) is 4.36. The summed E-state index contributed by atoms with van der Waals surface area (Å²) in [4.78, 5) is 5.21. The van der Waals surface area contributed by atoms with E-state index in [1.165, 1.54) is 0 Å². The number of rotatable bonds is 6. The number of ether oxygens (including phenoxy) is 1. The molecule has 0 saturated carbocycles. The van der Waals surface area contributed by atoms with E-state index in [4.69, 9.17) is 9.57 Å². The number of nitrogens with one attached hydrogen (secondary N) is 1. The van der Waals surface area contributed by atoms with Gasteiger partial charge in [0.15, 0.2) is 0 Å². The molecule has 1 rings (SSSR count). The van der Waals surface area contributed by atoms with Crippen LogP contribution in [0.3, 0.4) is 0 Å². The van der Waals surface area contributed by atoms with Crippen molar-refractivity contribution in [3.8, 4) is 0 Å². The van der Waals surface area contributed by atoms with Crippen molar-refractivity contribution in [1.29, 1.82) is 0 Å². The minimum Gasteiger partial charge on any atom is -0.502 e. The second-order valence-electron chi connectivity index (χ2n) is 2.77. The van der Waals surface area contributed by atoms with E-state index in [0.29, 0.717) is 6.61 Å². The zero-order valence-electron chi connectivity index (χ0n) is 8.57. The maximum absolute atomic E-state index is 5.21. The van der Waals surface area contributed by atoms with Gasteiger partial charge in [-0.3, -0.25) is 10.3 Å². The lowest BCUT2D eigenvalue weighted by Gasteiger charge is -2.09. The summed E-state index contributed by atoms with van der Waals surface area (Å²) in [7, 11) is 1.61. The Kier molecular flexibility index (Phi) is 5.88. The van der Waals surface area contributed by atoms with Crippen LogP contribution >= 0.6 is 15.9 Å². The molecule has 1 aromatic carbocycles. The average molecular weight is 272 g/mol. The van der Waals surface area contributed by atoms with Gasteiger partial charge >= 0.3 is 0 Å². The van der Waals surface area contributed by atoms with Gasteiger partial charge in [-0.15, -0.1) is 0 Å². The van der Waals surface area contributed by atoms with Gasteiger partial charge in [-0.25, -0.2) is 0 Å². The van der Waals surface area contributed by atoms with Crippen LogP contribution in [-0.4, -0.2) is 19.0 Å². The van der Waals surface area contributed by atoms with Crippen LogP contribution in [-0.2, 0) is 9.57 Å². The molecule has 0 saturated heterocycles. The van der Waals surface area contributed by atoms with Crippen molar-refractivity contribution in [2.45, 2.75) is 0 Å². The van der Waals surface area contributed by atoms with Crippen LogP contribution in [0.5, 0.6) is 0 Å². The largest absolute Gasteiger partial charge is 0.502 e. The summed E-state index contributed by atoms with van der Waals surface area (Å²) in [5.74, 6) is 0. The second-order valence-corrected chi connectivity index (χ2v) is 3.57. The van der Waals surface area contributed by atoms with Crippen LogP contribution in [0.15, 0.2) is 36.6 Å². The SMILES string of the molecule is COC=C(NOCCBr)c1ccccc1. The number of alkyl halides is 1. The molecule has 0 spiro atoms. The van der Waals surface area contributed by atoms with Crippen LogP contribution in [0.2, 0.25) is 0 Å². The fourth-order valence-corrected chi connectivity index (χ4v) is 1.22. The summed E-state index contributed by atoms with van der Waals surface area (Å²) in [5, 5.41) is 0.787. The van der Waals surface area contributed by atoms with E-state index in [-0.39, 0.29) is 0 Å². The fraction of sp³-hybridized carbons (Fsp3) is 0.273. The first-order valence-electron chi connectivity index (χ1n) is 4.60. The number of methoxy groups -OCH3 is 1. The highest BCUT2D eigenvalue weighted by atomic mass is 79.9. The van der Waals surface area contributed by atoms with Gasteiger partial charge in [0.05, 0.1) is 13.7 Å². The minimum atomic E-state index is 0.591. The van der Waals surface area contributed by atoms with Crippen molar-refractivity contribution in [2.75, 3.05) is 19.0 Å². The smallest absolute Gasteiger partial charge is 0.108 e. The molecule has 0 aromatic heterocycles. The predicted octanol–water partition coefficient (Wildman–Crippen LogP) is 2.55. The Hall–Kier alpha value is -1.00. The molecule has 0 bridgehead atoms. The lowest BCUT2D eigenvalue weighted by atomic mass is 10.2. The van der Waals surface area contributed by atoms with E-state index >= 15 is 0 Å². The Labute approximate surface area is 98.2 Å². The van der Waals surface area contributed by atoms with Crippen LogP contribution in [0.25, 0.3) is 5.70 Å². The monoisotopic (exact) mass is 271 g/mol. The van der Waals surface area contributed by atoms with Crippen molar-refractivity contribution in [1.82, 2.24) is 5.48 Å². The average Bonchev–Trinajstić information content (AvgIpc) is 2.29.